The van der Waals surface area contributed by atoms with Crippen LogP contribution in [-0.4, -0.2) is 47.8 Å². The van der Waals surface area contributed by atoms with E-state index in [1.807, 2.05) is 0 Å². The summed E-state index contributed by atoms with van der Waals surface area (Å²) in [6.07, 6.45) is -2.66. The zero-order chi connectivity index (χ0) is 14.9. The van der Waals surface area contributed by atoms with E-state index in [0.717, 1.165) is 0 Å². The van der Waals surface area contributed by atoms with E-state index in [-0.39, 0.29) is 19.7 Å². The van der Waals surface area contributed by atoms with Gasteiger partial charge in [-0.1, -0.05) is 5.16 Å². The van der Waals surface area contributed by atoms with Crippen molar-refractivity contribution in [3.05, 3.63) is 11.3 Å². The second-order valence-electron chi connectivity index (χ2n) is 5.03. The molecule has 0 radical (unpaired) electrons. The lowest BCUT2D eigenvalue weighted by atomic mass is 10.1. The number of ether oxygens (including phenoxy) is 1. The van der Waals surface area contributed by atoms with Gasteiger partial charge in [-0.25, -0.2) is 13.6 Å². The number of halogens is 2. The summed E-state index contributed by atoms with van der Waals surface area (Å²) >= 11 is 0. The molecule has 20 heavy (non-hydrogen) atoms. The number of carbonyl (C=O) groups is 1. The fourth-order valence-electron chi connectivity index (χ4n) is 1.91. The summed E-state index contributed by atoms with van der Waals surface area (Å²) in [4.78, 5) is 13.4. The number of aryl methyl sites for hydroxylation is 1. The number of hydrogen-bond acceptors (Lipinski definition) is 4. The zero-order valence-electron chi connectivity index (χ0n) is 11.6. The highest BCUT2D eigenvalue weighted by atomic mass is 19.3. The lowest BCUT2D eigenvalue weighted by Crippen LogP contribution is -2.56. The van der Waals surface area contributed by atoms with E-state index in [1.165, 1.54) is 11.8 Å². The van der Waals surface area contributed by atoms with Gasteiger partial charge in [-0.15, -0.1) is 0 Å². The Morgan fingerprint density at radius 1 is 1.50 bits per heavy atom. The molecule has 1 atom stereocenters. The number of carbonyl (C=O) groups excluding carboxylic acids is 1. The number of urea groups is 1. The third-order valence-electron chi connectivity index (χ3n) is 3.43. The Labute approximate surface area is 115 Å². The Hall–Kier alpha value is -1.70. The molecule has 8 heteroatoms. The minimum Gasteiger partial charge on any atom is -0.366 e. The van der Waals surface area contributed by atoms with Crippen LogP contribution < -0.4 is 5.32 Å². The first-order valence-electron chi connectivity index (χ1n) is 6.24. The van der Waals surface area contributed by atoms with Crippen LogP contribution in [0.1, 0.15) is 18.2 Å². The van der Waals surface area contributed by atoms with Crippen LogP contribution in [0.3, 0.4) is 0 Å². The fraction of sp³-hybridized carbons (Fsp3) is 0.667. The third kappa shape index (κ3) is 2.74. The topological polar surface area (TPSA) is 67.6 Å². The monoisotopic (exact) mass is 289 g/mol. The predicted octanol–water partition coefficient (Wildman–Crippen LogP) is 2.18. The van der Waals surface area contributed by atoms with Crippen molar-refractivity contribution in [1.29, 1.82) is 0 Å². The molecule has 2 heterocycles. The van der Waals surface area contributed by atoms with Crippen LogP contribution in [0.15, 0.2) is 4.52 Å². The molecular formula is C12H17F2N3O3. The molecule has 2 amide bonds. The summed E-state index contributed by atoms with van der Waals surface area (Å²) in [5.74, 6) is 0.900. The lowest BCUT2D eigenvalue weighted by molar-refractivity contribution is -0.161. The highest BCUT2D eigenvalue weighted by molar-refractivity contribution is 5.89. The maximum absolute atomic E-state index is 12.9. The highest BCUT2D eigenvalue weighted by Crippen LogP contribution is 2.25. The number of nitrogens with zero attached hydrogens (tertiary/aromatic N) is 2. The maximum Gasteiger partial charge on any atom is 0.323 e. The van der Waals surface area contributed by atoms with Gasteiger partial charge in [0.25, 0.3) is 6.43 Å². The van der Waals surface area contributed by atoms with Gasteiger partial charge in [0.15, 0.2) is 5.82 Å². The fourth-order valence-corrected chi connectivity index (χ4v) is 1.91. The molecule has 1 aliphatic heterocycles. The largest absolute Gasteiger partial charge is 0.366 e. The second-order valence-corrected chi connectivity index (χ2v) is 5.03. The minimum absolute atomic E-state index is 0.0745. The molecule has 0 bridgehead atoms. The van der Waals surface area contributed by atoms with Crippen molar-refractivity contribution in [2.45, 2.75) is 32.8 Å². The van der Waals surface area contributed by atoms with Gasteiger partial charge < -0.3 is 14.2 Å². The van der Waals surface area contributed by atoms with Crippen LogP contribution in [0.2, 0.25) is 0 Å². The predicted molar refractivity (Wildman–Crippen MR) is 66.9 cm³/mol. The Morgan fingerprint density at radius 3 is 2.75 bits per heavy atom. The van der Waals surface area contributed by atoms with E-state index in [2.05, 4.69) is 10.5 Å². The molecule has 112 valence electrons. The highest BCUT2D eigenvalue weighted by Gasteiger charge is 2.42. The number of rotatable bonds is 2. The van der Waals surface area contributed by atoms with E-state index in [1.54, 1.807) is 13.8 Å². The number of alkyl halides is 2. The molecular weight excluding hydrogens is 272 g/mol. The van der Waals surface area contributed by atoms with Crippen LogP contribution in [0.4, 0.5) is 19.4 Å². The lowest BCUT2D eigenvalue weighted by Gasteiger charge is -2.39. The molecule has 1 unspecified atom stereocenters. The summed E-state index contributed by atoms with van der Waals surface area (Å²) in [5, 5.41) is 6.27. The Morgan fingerprint density at radius 2 is 2.20 bits per heavy atom. The van der Waals surface area contributed by atoms with E-state index < -0.39 is 18.1 Å². The van der Waals surface area contributed by atoms with E-state index in [9.17, 15) is 13.6 Å². The molecule has 1 saturated heterocycles. The Bertz CT molecular complexity index is 506. The normalized spacial score (nSPS) is 23.2. The number of nitrogens with one attached hydrogen (secondary N) is 1. The van der Waals surface area contributed by atoms with Crippen molar-refractivity contribution in [2.24, 2.45) is 0 Å². The second kappa shape index (κ2) is 5.35. The van der Waals surface area contributed by atoms with E-state index in [4.69, 9.17) is 9.26 Å². The molecule has 1 aromatic rings. The van der Waals surface area contributed by atoms with Gasteiger partial charge in [-0.05, 0) is 20.8 Å². The first-order valence-corrected chi connectivity index (χ1v) is 6.24. The average Bonchev–Trinajstić information content (AvgIpc) is 2.70. The standard InChI is InChI=1S/C12H17F2N3O3/c1-7-8(2)20-16-9(7)15-11(18)17-4-5-19-12(3,6-17)10(13)14/h10H,4-6H2,1-3H3,(H,15,16,18). The SMILES string of the molecule is Cc1onc(NC(=O)N2CCOC(C)(C(F)F)C2)c1C. The van der Waals surface area contributed by atoms with Gasteiger partial charge >= 0.3 is 6.03 Å². The average molecular weight is 289 g/mol. The summed E-state index contributed by atoms with van der Waals surface area (Å²) in [6.45, 7) is 4.93. The third-order valence-corrected chi connectivity index (χ3v) is 3.43. The van der Waals surface area contributed by atoms with Crippen LogP contribution in [0.5, 0.6) is 0 Å². The van der Waals surface area contributed by atoms with Gasteiger partial charge in [-0.3, -0.25) is 5.32 Å². The Balaban J connectivity index is 2.04. The van der Waals surface area contributed by atoms with E-state index in [0.29, 0.717) is 17.1 Å². The van der Waals surface area contributed by atoms with Gasteiger partial charge in [0.05, 0.1) is 13.2 Å². The van der Waals surface area contributed by atoms with Crippen molar-refractivity contribution in [1.82, 2.24) is 10.1 Å². The molecule has 1 N–H and O–H groups in total. The summed E-state index contributed by atoms with van der Waals surface area (Å²) in [7, 11) is 0. The molecule has 0 spiro atoms. The molecule has 0 aliphatic carbocycles. The van der Waals surface area contributed by atoms with Crippen molar-refractivity contribution in [3.8, 4) is 0 Å². The number of aromatic nitrogens is 1. The maximum atomic E-state index is 12.9. The first-order chi connectivity index (χ1) is 9.33. The minimum atomic E-state index is -2.66. The first kappa shape index (κ1) is 14.7. The van der Waals surface area contributed by atoms with Gasteiger partial charge in [0.1, 0.15) is 11.4 Å². The molecule has 0 saturated carbocycles. The quantitative estimate of drug-likeness (QED) is 0.906. The van der Waals surface area contributed by atoms with Crippen LogP contribution in [-0.2, 0) is 4.74 Å². The van der Waals surface area contributed by atoms with Gasteiger partial charge in [0.2, 0.25) is 0 Å². The van der Waals surface area contributed by atoms with Crippen LogP contribution in [0.25, 0.3) is 0 Å². The number of morpholine rings is 1. The van der Waals surface area contributed by atoms with Crippen molar-refractivity contribution in [3.63, 3.8) is 0 Å². The summed E-state index contributed by atoms with van der Waals surface area (Å²) in [5.41, 5.74) is -0.923. The van der Waals surface area contributed by atoms with Gasteiger partial charge in [0, 0.05) is 12.1 Å². The van der Waals surface area contributed by atoms with Crippen LogP contribution in [0, 0.1) is 13.8 Å². The molecule has 0 aromatic carbocycles. The van der Waals surface area contributed by atoms with Crippen molar-refractivity contribution in [2.75, 3.05) is 25.0 Å². The van der Waals surface area contributed by atoms with Gasteiger partial charge in [-0.2, -0.15) is 0 Å². The van der Waals surface area contributed by atoms with E-state index >= 15 is 0 Å². The van der Waals surface area contributed by atoms with Crippen molar-refractivity contribution < 1.29 is 22.8 Å². The molecule has 1 aromatic heterocycles. The molecule has 2 rings (SSSR count). The number of hydrogen-bond donors (Lipinski definition) is 1. The summed E-state index contributed by atoms with van der Waals surface area (Å²) in [6, 6.07) is -0.489. The zero-order valence-corrected chi connectivity index (χ0v) is 11.6. The summed E-state index contributed by atoms with van der Waals surface area (Å²) < 4.78 is 35.9. The Kier molecular flexibility index (Phi) is 3.94. The molecule has 6 nitrogen and oxygen atoms in total. The molecule has 1 fully saturated rings. The number of anilines is 1. The van der Waals surface area contributed by atoms with Crippen molar-refractivity contribution >= 4 is 11.8 Å². The number of amides is 2. The van der Waals surface area contributed by atoms with Crippen LogP contribution >= 0.6 is 0 Å². The smallest absolute Gasteiger partial charge is 0.323 e. The molecule has 1 aliphatic rings.